The third-order valence-electron chi connectivity index (χ3n) is 5.82. The van der Waals surface area contributed by atoms with E-state index in [1.807, 2.05) is 0 Å². The first kappa shape index (κ1) is 21.4. The molecule has 29 heavy (non-hydrogen) atoms. The minimum absolute atomic E-state index is 0.956. The van der Waals surface area contributed by atoms with Crippen LogP contribution in [0.1, 0.15) is 37.8 Å². The van der Waals surface area contributed by atoms with Crippen molar-refractivity contribution in [3.8, 4) is 0 Å². The second-order valence-electron chi connectivity index (χ2n) is 8.19. The molecule has 0 bridgehead atoms. The van der Waals surface area contributed by atoms with E-state index in [2.05, 4.69) is 80.8 Å². The Kier molecular flexibility index (Phi) is 6.96. The zero-order valence-corrected chi connectivity index (χ0v) is 18.8. The van der Waals surface area contributed by atoms with E-state index in [-0.39, 0.29) is 0 Å². The van der Waals surface area contributed by atoms with Crippen LogP contribution in [-0.4, -0.2) is 50.9 Å². The molecule has 156 valence electrons. The topological polar surface area (TPSA) is 30.9 Å². The lowest BCUT2D eigenvalue weighted by molar-refractivity contribution is 0.378. The summed E-state index contributed by atoms with van der Waals surface area (Å²) in [6.07, 6.45) is 7.65. The van der Waals surface area contributed by atoms with Gasteiger partial charge in [0, 0.05) is 45.1 Å². The van der Waals surface area contributed by atoms with Gasteiger partial charge in [-0.3, -0.25) is 0 Å². The number of hydrogen-bond acceptors (Lipinski definition) is 4. The first-order valence-corrected chi connectivity index (χ1v) is 10.9. The summed E-state index contributed by atoms with van der Waals surface area (Å²) in [6.45, 7) is 15.3. The van der Waals surface area contributed by atoms with E-state index in [9.17, 15) is 0 Å². The minimum Gasteiger partial charge on any atom is -0.378 e. The Morgan fingerprint density at radius 2 is 1.90 bits per heavy atom. The van der Waals surface area contributed by atoms with Crippen molar-refractivity contribution < 1.29 is 0 Å². The summed E-state index contributed by atoms with van der Waals surface area (Å²) in [5.41, 5.74) is 9.47. The quantitative estimate of drug-likeness (QED) is 0.782. The van der Waals surface area contributed by atoms with Crippen LogP contribution in [0, 0.1) is 6.92 Å². The molecule has 4 nitrogen and oxygen atoms in total. The van der Waals surface area contributed by atoms with E-state index >= 15 is 0 Å². The molecule has 0 radical (unpaired) electrons. The average Bonchev–Trinajstić information content (AvgIpc) is 2.99. The largest absolute Gasteiger partial charge is 0.378 e. The summed E-state index contributed by atoms with van der Waals surface area (Å²) in [7, 11) is 4.18. The van der Waals surface area contributed by atoms with E-state index in [0.717, 1.165) is 56.0 Å². The Morgan fingerprint density at radius 1 is 1.10 bits per heavy atom. The van der Waals surface area contributed by atoms with Crippen LogP contribution in [0.3, 0.4) is 0 Å². The van der Waals surface area contributed by atoms with Crippen LogP contribution in [0.25, 0.3) is 0 Å². The fraction of sp³-hybridized carbons (Fsp3) is 0.480. The Morgan fingerprint density at radius 3 is 2.59 bits per heavy atom. The lowest BCUT2D eigenvalue weighted by Gasteiger charge is -2.28. The maximum Gasteiger partial charge on any atom is 0.0736 e. The molecule has 1 aliphatic carbocycles. The molecule has 0 unspecified atom stereocenters. The van der Waals surface area contributed by atoms with Gasteiger partial charge in [-0.25, -0.2) is 4.99 Å². The molecular formula is C25H36N4. The third-order valence-corrected chi connectivity index (χ3v) is 5.82. The Labute approximate surface area is 176 Å². The normalized spacial score (nSPS) is 19.1. The Bertz CT molecular complexity index is 850. The van der Waals surface area contributed by atoms with Crippen LogP contribution in [0.5, 0.6) is 0 Å². The van der Waals surface area contributed by atoms with Gasteiger partial charge >= 0.3 is 0 Å². The van der Waals surface area contributed by atoms with Crippen LogP contribution in [0.15, 0.2) is 52.7 Å². The van der Waals surface area contributed by atoms with Crippen molar-refractivity contribution in [2.24, 2.45) is 4.99 Å². The number of nitrogens with one attached hydrogen (secondary N) is 1. The molecule has 1 fully saturated rings. The molecule has 0 aromatic heterocycles. The van der Waals surface area contributed by atoms with Gasteiger partial charge in [0.15, 0.2) is 0 Å². The smallest absolute Gasteiger partial charge is 0.0736 e. The number of rotatable bonds is 5. The average molecular weight is 393 g/mol. The van der Waals surface area contributed by atoms with Crippen LogP contribution in [0.4, 0.5) is 11.4 Å². The van der Waals surface area contributed by atoms with E-state index < -0.39 is 0 Å². The zero-order chi connectivity index (χ0) is 21.0. The molecule has 1 aromatic carbocycles. The molecule has 1 N–H and O–H groups in total. The maximum absolute atomic E-state index is 5.18. The first-order chi connectivity index (χ1) is 13.9. The molecule has 1 aliphatic heterocycles. The van der Waals surface area contributed by atoms with Crippen LogP contribution in [0.2, 0.25) is 0 Å². The maximum atomic E-state index is 5.18. The molecule has 2 aliphatic rings. The predicted octanol–water partition coefficient (Wildman–Crippen LogP) is 4.78. The summed E-state index contributed by atoms with van der Waals surface area (Å²) >= 11 is 0. The van der Waals surface area contributed by atoms with Crippen LogP contribution in [-0.2, 0) is 6.42 Å². The fourth-order valence-corrected chi connectivity index (χ4v) is 4.07. The summed E-state index contributed by atoms with van der Waals surface area (Å²) < 4.78 is 0. The monoisotopic (exact) mass is 392 g/mol. The summed E-state index contributed by atoms with van der Waals surface area (Å²) in [6, 6.07) is 4.49. The number of nitrogens with zero attached hydrogens (tertiary/aromatic N) is 3. The molecule has 0 saturated carbocycles. The Balaban J connectivity index is 1.98. The van der Waals surface area contributed by atoms with Crippen molar-refractivity contribution in [3.63, 3.8) is 0 Å². The second-order valence-corrected chi connectivity index (χ2v) is 8.19. The zero-order valence-electron chi connectivity index (χ0n) is 18.8. The van der Waals surface area contributed by atoms with Gasteiger partial charge in [-0.2, -0.15) is 0 Å². The number of allylic oxidation sites excluding steroid dienone is 4. The molecule has 3 rings (SSSR count). The van der Waals surface area contributed by atoms with Gasteiger partial charge in [0.25, 0.3) is 0 Å². The van der Waals surface area contributed by atoms with E-state index in [0.29, 0.717) is 0 Å². The van der Waals surface area contributed by atoms with Crippen LogP contribution < -0.4 is 10.2 Å². The number of aliphatic imine (C=N–C) groups is 1. The lowest BCUT2D eigenvalue weighted by atomic mass is 9.93. The van der Waals surface area contributed by atoms with Crippen molar-refractivity contribution >= 4 is 17.1 Å². The summed E-state index contributed by atoms with van der Waals surface area (Å²) in [5.74, 6) is 0. The van der Waals surface area contributed by atoms with Gasteiger partial charge in [0.2, 0.25) is 0 Å². The van der Waals surface area contributed by atoms with Gasteiger partial charge in [-0.1, -0.05) is 20.4 Å². The van der Waals surface area contributed by atoms with Crippen LogP contribution >= 0.6 is 0 Å². The fourth-order valence-electron chi connectivity index (χ4n) is 4.07. The molecule has 0 amide bonds. The van der Waals surface area contributed by atoms with Crippen molar-refractivity contribution in [3.05, 3.63) is 58.8 Å². The molecule has 4 heteroatoms. The van der Waals surface area contributed by atoms with Gasteiger partial charge in [0.05, 0.1) is 11.4 Å². The number of hydrogen-bond donors (Lipinski definition) is 1. The summed E-state index contributed by atoms with van der Waals surface area (Å²) in [4.78, 5) is 9.81. The third kappa shape index (κ3) is 4.81. The van der Waals surface area contributed by atoms with Gasteiger partial charge in [-0.05, 0) is 79.3 Å². The SMILES string of the molecule is C=C1C=C(N2CCCNCC2)C=C(CC)C1=Nc1c(C)cc(N(C)C)cc1CC. The highest BCUT2D eigenvalue weighted by Gasteiger charge is 2.20. The van der Waals surface area contributed by atoms with Gasteiger partial charge in [-0.15, -0.1) is 0 Å². The van der Waals surface area contributed by atoms with Crippen molar-refractivity contribution in [1.29, 1.82) is 0 Å². The van der Waals surface area contributed by atoms with E-state index in [1.54, 1.807) is 0 Å². The molecule has 1 heterocycles. The highest BCUT2D eigenvalue weighted by Crippen LogP contribution is 2.33. The molecule has 1 aromatic rings. The van der Waals surface area contributed by atoms with Crippen molar-refractivity contribution in [2.45, 2.75) is 40.0 Å². The minimum atomic E-state index is 0.956. The standard InChI is InChI=1S/C25H36N4/c1-7-20-16-22(28(5)6)14-18(3)24(20)27-25-19(4)15-23(17-21(25)8-2)29-12-9-10-26-11-13-29/h14-17,26H,4,7-13H2,1-3,5-6H3. The number of benzene rings is 1. The molecular weight excluding hydrogens is 356 g/mol. The Hall–Kier alpha value is -2.33. The number of aryl methyl sites for hydroxylation is 2. The predicted molar refractivity (Wildman–Crippen MR) is 127 cm³/mol. The van der Waals surface area contributed by atoms with Crippen molar-refractivity contribution in [2.75, 3.05) is 45.2 Å². The molecule has 0 spiro atoms. The number of anilines is 1. The lowest BCUT2D eigenvalue weighted by Crippen LogP contribution is -2.28. The summed E-state index contributed by atoms with van der Waals surface area (Å²) in [5, 5.41) is 3.49. The highest BCUT2D eigenvalue weighted by atomic mass is 15.2. The van der Waals surface area contributed by atoms with Gasteiger partial charge in [0.1, 0.15) is 0 Å². The highest BCUT2D eigenvalue weighted by molar-refractivity contribution is 6.16. The van der Waals surface area contributed by atoms with E-state index in [1.165, 1.54) is 34.5 Å². The first-order valence-electron chi connectivity index (χ1n) is 10.9. The molecule has 1 saturated heterocycles. The van der Waals surface area contributed by atoms with Crippen molar-refractivity contribution in [1.82, 2.24) is 10.2 Å². The van der Waals surface area contributed by atoms with Gasteiger partial charge < -0.3 is 15.1 Å². The van der Waals surface area contributed by atoms with E-state index in [4.69, 9.17) is 4.99 Å². The second kappa shape index (κ2) is 9.45. The molecule has 0 atom stereocenters.